The van der Waals surface area contributed by atoms with Crippen LogP contribution in [0.2, 0.25) is 0 Å². The lowest BCUT2D eigenvalue weighted by Gasteiger charge is -2.32. The quantitative estimate of drug-likeness (QED) is 0.889. The molecule has 1 aliphatic heterocycles. The first-order valence-corrected chi connectivity index (χ1v) is 9.47. The molecule has 3 amide bonds. The molecule has 23 heavy (non-hydrogen) atoms. The molecule has 0 atom stereocenters. The van der Waals surface area contributed by atoms with E-state index in [-0.39, 0.29) is 18.0 Å². The Hall–Kier alpha value is -1.56. The molecule has 1 aliphatic carbocycles. The fraction of sp³-hybridized carbons (Fsp3) is 0.647. The predicted molar refractivity (Wildman–Crippen MR) is 91.7 cm³/mol. The average molecular weight is 335 g/mol. The van der Waals surface area contributed by atoms with Gasteiger partial charge in [-0.2, -0.15) is 0 Å². The van der Waals surface area contributed by atoms with Crippen LogP contribution in [0.5, 0.6) is 0 Å². The van der Waals surface area contributed by atoms with Crippen LogP contribution < -0.4 is 10.6 Å². The first-order valence-electron chi connectivity index (χ1n) is 8.59. The van der Waals surface area contributed by atoms with Gasteiger partial charge in [-0.25, -0.2) is 4.79 Å². The molecule has 0 spiro atoms. The van der Waals surface area contributed by atoms with E-state index in [4.69, 9.17) is 0 Å². The molecule has 1 aromatic rings. The molecule has 0 bridgehead atoms. The van der Waals surface area contributed by atoms with Crippen molar-refractivity contribution in [3.05, 3.63) is 22.4 Å². The summed E-state index contributed by atoms with van der Waals surface area (Å²) in [5.74, 6) is 0.672. The number of carbonyl (C=O) groups is 2. The molecule has 1 aromatic heterocycles. The van der Waals surface area contributed by atoms with Gasteiger partial charge in [-0.3, -0.25) is 4.79 Å². The topological polar surface area (TPSA) is 61.4 Å². The van der Waals surface area contributed by atoms with E-state index in [0.29, 0.717) is 19.0 Å². The van der Waals surface area contributed by atoms with Crippen LogP contribution in [0.1, 0.15) is 48.2 Å². The zero-order chi connectivity index (χ0) is 16.1. The third-order valence-electron chi connectivity index (χ3n) is 4.88. The van der Waals surface area contributed by atoms with Crippen molar-refractivity contribution in [2.45, 2.75) is 44.6 Å². The maximum atomic E-state index is 12.2. The van der Waals surface area contributed by atoms with E-state index >= 15 is 0 Å². The lowest BCUT2D eigenvalue weighted by molar-refractivity contribution is 0.0922. The van der Waals surface area contributed by atoms with E-state index in [2.05, 4.69) is 10.6 Å². The Morgan fingerprint density at radius 1 is 1.17 bits per heavy atom. The highest BCUT2D eigenvalue weighted by Gasteiger charge is 2.25. The lowest BCUT2D eigenvalue weighted by Crippen LogP contribution is -2.49. The molecule has 1 saturated heterocycles. The SMILES string of the molecule is O=C(NC1CCN(C(=O)NCC2CCCC2)CC1)c1cccs1. The van der Waals surface area contributed by atoms with Crippen molar-refractivity contribution < 1.29 is 9.59 Å². The van der Waals surface area contributed by atoms with Gasteiger partial charge in [-0.05, 0) is 43.0 Å². The summed E-state index contributed by atoms with van der Waals surface area (Å²) in [7, 11) is 0. The fourth-order valence-electron chi connectivity index (χ4n) is 3.45. The van der Waals surface area contributed by atoms with Crippen molar-refractivity contribution in [2.24, 2.45) is 5.92 Å². The fourth-order valence-corrected chi connectivity index (χ4v) is 4.08. The van der Waals surface area contributed by atoms with Gasteiger partial charge >= 0.3 is 6.03 Å². The molecule has 2 fully saturated rings. The Bertz CT molecular complexity index is 518. The Labute approximate surface area is 141 Å². The number of hydrogen-bond acceptors (Lipinski definition) is 3. The van der Waals surface area contributed by atoms with Crippen molar-refractivity contribution in [3.63, 3.8) is 0 Å². The Morgan fingerprint density at radius 3 is 2.57 bits per heavy atom. The molecule has 5 nitrogen and oxygen atoms in total. The second kappa shape index (κ2) is 7.81. The third kappa shape index (κ3) is 4.47. The molecule has 0 unspecified atom stereocenters. The molecule has 0 radical (unpaired) electrons. The van der Waals surface area contributed by atoms with Crippen LogP contribution in [0, 0.1) is 5.92 Å². The Kier molecular flexibility index (Phi) is 5.54. The number of likely N-dealkylation sites (tertiary alicyclic amines) is 1. The number of nitrogens with zero attached hydrogens (tertiary/aromatic N) is 1. The van der Waals surface area contributed by atoms with Crippen molar-refractivity contribution in [3.8, 4) is 0 Å². The normalized spacial score (nSPS) is 19.7. The molecule has 126 valence electrons. The van der Waals surface area contributed by atoms with Crippen LogP contribution in [0.15, 0.2) is 17.5 Å². The van der Waals surface area contributed by atoms with Gasteiger partial charge < -0.3 is 15.5 Å². The monoisotopic (exact) mass is 335 g/mol. The number of nitrogens with one attached hydrogen (secondary N) is 2. The maximum absolute atomic E-state index is 12.2. The number of piperidine rings is 1. The molecule has 2 N–H and O–H groups in total. The van der Waals surface area contributed by atoms with Gasteiger partial charge in [0.1, 0.15) is 0 Å². The predicted octanol–water partition coefficient (Wildman–Crippen LogP) is 2.84. The summed E-state index contributed by atoms with van der Waals surface area (Å²) in [6, 6.07) is 3.95. The van der Waals surface area contributed by atoms with Gasteiger partial charge in [0.05, 0.1) is 4.88 Å². The highest BCUT2D eigenvalue weighted by molar-refractivity contribution is 7.12. The molecule has 0 aromatic carbocycles. The van der Waals surface area contributed by atoms with Crippen molar-refractivity contribution in [1.29, 1.82) is 0 Å². The van der Waals surface area contributed by atoms with E-state index in [1.165, 1.54) is 37.0 Å². The lowest BCUT2D eigenvalue weighted by atomic mass is 10.1. The summed E-state index contributed by atoms with van der Waals surface area (Å²) >= 11 is 1.46. The Morgan fingerprint density at radius 2 is 1.91 bits per heavy atom. The highest BCUT2D eigenvalue weighted by atomic mass is 32.1. The van der Waals surface area contributed by atoms with Crippen molar-refractivity contribution in [2.75, 3.05) is 19.6 Å². The van der Waals surface area contributed by atoms with Crippen molar-refractivity contribution in [1.82, 2.24) is 15.5 Å². The van der Waals surface area contributed by atoms with Crippen LogP contribution in [0.25, 0.3) is 0 Å². The summed E-state index contributed by atoms with van der Waals surface area (Å²) in [6.45, 7) is 2.24. The number of hydrogen-bond donors (Lipinski definition) is 2. The molecule has 6 heteroatoms. The zero-order valence-corrected chi connectivity index (χ0v) is 14.2. The number of rotatable bonds is 4. The summed E-state index contributed by atoms with van der Waals surface area (Å²) in [5, 5.41) is 8.05. The highest BCUT2D eigenvalue weighted by Crippen LogP contribution is 2.23. The molecule has 2 aliphatic rings. The largest absolute Gasteiger partial charge is 0.348 e. The summed E-state index contributed by atoms with van der Waals surface area (Å²) in [4.78, 5) is 26.9. The molecular formula is C17H25N3O2S. The second-order valence-electron chi connectivity index (χ2n) is 6.55. The molecule has 2 heterocycles. The second-order valence-corrected chi connectivity index (χ2v) is 7.50. The summed E-state index contributed by atoms with van der Waals surface area (Å²) < 4.78 is 0. The van der Waals surface area contributed by atoms with Gasteiger partial charge in [0, 0.05) is 25.7 Å². The molecule has 3 rings (SSSR count). The zero-order valence-electron chi connectivity index (χ0n) is 13.4. The van der Waals surface area contributed by atoms with Gasteiger partial charge in [0.15, 0.2) is 0 Å². The summed E-state index contributed by atoms with van der Waals surface area (Å²) in [5.41, 5.74) is 0. The number of urea groups is 1. The molecule has 1 saturated carbocycles. The summed E-state index contributed by atoms with van der Waals surface area (Å²) in [6.07, 6.45) is 6.75. The number of carbonyl (C=O) groups excluding carboxylic acids is 2. The van der Waals surface area contributed by atoms with Gasteiger partial charge in [-0.1, -0.05) is 18.9 Å². The van der Waals surface area contributed by atoms with E-state index in [9.17, 15) is 9.59 Å². The van der Waals surface area contributed by atoms with Gasteiger partial charge in [-0.15, -0.1) is 11.3 Å². The van der Waals surface area contributed by atoms with E-state index < -0.39 is 0 Å². The standard InChI is InChI=1S/C17H25N3O2S/c21-16(15-6-3-11-23-15)19-14-7-9-20(10-8-14)17(22)18-12-13-4-1-2-5-13/h3,6,11,13-14H,1-2,4-5,7-10,12H2,(H,18,22)(H,19,21). The van der Waals surface area contributed by atoms with Crippen molar-refractivity contribution >= 4 is 23.3 Å². The molecular weight excluding hydrogens is 310 g/mol. The minimum absolute atomic E-state index is 0.00383. The minimum Gasteiger partial charge on any atom is -0.348 e. The van der Waals surface area contributed by atoms with Crippen LogP contribution in [-0.2, 0) is 0 Å². The van der Waals surface area contributed by atoms with E-state index in [1.807, 2.05) is 22.4 Å². The number of thiophene rings is 1. The van der Waals surface area contributed by atoms with Crippen LogP contribution in [-0.4, -0.2) is 42.5 Å². The van der Waals surface area contributed by atoms with Gasteiger partial charge in [0.2, 0.25) is 0 Å². The third-order valence-corrected chi connectivity index (χ3v) is 5.75. The number of amides is 3. The van der Waals surface area contributed by atoms with E-state index in [1.54, 1.807) is 0 Å². The average Bonchev–Trinajstić information content (AvgIpc) is 3.26. The first-order chi connectivity index (χ1) is 11.2. The maximum Gasteiger partial charge on any atom is 0.317 e. The Balaban J connectivity index is 1.37. The smallest absolute Gasteiger partial charge is 0.317 e. The van der Waals surface area contributed by atoms with Crippen LogP contribution in [0.4, 0.5) is 4.79 Å². The van der Waals surface area contributed by atoms with E-state index in [0.717, 1.165) is 24.3 Å². The van der Waals surface area contributed by atoms with Gasteiger partial charge in [0.25, 0.3) is 5.91 Å². The van der Waals surface area contributed by atoms with Crippen LogP contribution in [0.3, 0.4) is 0 Å². The first kappa shape index (κ1) is 16.3. The van der Waals surface area contributed by atoms with Crippen LogP contribution >= 0.6 is 11.3 Å². The minimum atomic E-state index is 0.00383.